The van der Waals surface area contributed by atoms with E-state index in [4.69, 9.17) is 0 Å². The second-order valence-corrected chi connectivity index (χ2v) is 7.09. The molecule has 2 atom stereocenters. The first-order valence-corrected chi connectivity index (χ1v) is 9.01. The van der Waals surface area contributed by atoms with Crippen molar-refractivity contribution in [2.75, 3.05) is 5.32 Å². The SMILES string of the molecule is O=C1Nc2ccccc2[C@]12CC(c1ccccc1)=C[C@@H]2c1ccccc1. The highest BCUT2D eigenvalue weighted by atomic mass is 16.2. The monoisotopic (exact) mass is 337 g/mol. The van der Waals surface area contributed by atoms with Gasteiger partial charge in [-0.1, -0.05) is 84.9 Å². The molecule has 2 aliphatic rings. The molecule has 1 spiro atoms. The number of allylic oxidation sites excluding steroid dienone is 2. The van der Waals surface area contributed by atoms with Crippen LogP contribution in [0.1, 0.15) is 29.0 Å². The summed E-state index contributed by atoms with van der Waals surface area (Å²) in [5.74, 6) is 0.136. The van der Waals surface area contributed by atoms with Gasteiger partial charge < -0.3 is 5.32 Å². The van der Waals surface area contributed by atoms with Crippen LogP contribution in [0.4, 0.5) is 5.69 Å². The third-order valence-corrected chi connectivity index (χ3v) is 5.73. The number of amides is 1. The van der Waals surface area contributed by atoms with Crippen LogP contribution >= 0.6 is 0 Å². The summed E-state index contributed by atoms with van der Waals surface area (Å²) in [4.78, 5) is 13.3. The van der Waals surface area contributed by atoms with E-state index in [0.29, 0.717) is 0 Å². The Morgan fingerprint density at radius 3 is 2.23 bits per heavy atom. The van der Waals surface area contributed by atoms with Gasteiger partial charge >= 0.3 is 0 Å². The normalized spacial score (nSPS) is 23.6. The highest BCUT2D eigenvalue weighted by Crippen LogP contribution is 2.57. The lowest BCUT2D eigenvalue weighted by Crippen LogP contribution is -2.37. The minimum Gasteiger partial charge on any atom is -0.325 e. The molecule has 0 unspecified atom stereocenters. The van der Waals surface area contributed by atoms with Crippen molar-refractivity contribution >= 4 is 17.2 Å². The topological polar surface area (TPSA) is 29.1 Å². The molecule has 0 radical (unpaired) electrons. The number of para-hydroxylation sites is 1. The second-order valence-electron chi connectivity index (χ2n) is 7.09. The zero-order valence-electron chi connectivity index (χ0n) is 14.4. The maximum Gasteiger partial charge on any atom is 0.236 e. The van der Waals surface area contributed by atoms with Crippen LogP contribution in [0, 0.1) is 0 Å². The molecular formula is C24H19NO. The van der Waals surface area contributed by atoms with Crippen LogP contribution < -0.4 is 5.32 Å². The molecule has 0 aromatic heterocycles. The van der Waals surface area contributed by atoms with Gasteiger partial charge in [-0.3, -0.25) is 4.79 Å². The van der Waals surface area contributed by atoms with E-state index in [1.807, 2.05) is 30.3 Å². The van der Waals surface area contributed by atoms with Gasteiger partial charge in [-0.25, -0.2) is 0 Å². The molecule has 1 aliphatic carbocycles. The number of anilines is 1. The first kappa shape index (κ1) is 15.2. The molecule has 3 aromatic carbocycles. The first-order valence-electron chi connectivity index (χ1n) is 9.01. The van der Waals surface area contributed by atoms with Crippen LogP contribution in [0.3, 0.4) is 0 Å². The van der Waals surface area contributed by atoms with Gasteiger partial charge in [-0.05, 0) is 34.8 Å². The molecule has 5 rings (SSSR count). The molecule has 1 heterocycles. The Hall–Kier alpha value is -3.13. The summed E-state index contributed by atoms with van der Waals surface area (Å²) in [6.07, 6.45) is 3.02. The molecule has 0 saturated heterocycles. The van der Waals surface area contributed by atoms with Crippen LogP contribution in [0.5, 0.6) is 0 Å². The molecule has 126 valence electrons. The molecule has 0 fully saturated rings. The van der Waals surface area contributed by atoms with E-state index in [-0.39, 0.29) is 11.8 Å². The van der Waals surface area contributed by atoms with Crippen LogP contribution in [-0.2, 0) is 10.2 Å². The third kappa shape index (κ3) is 2.08. The fourth-order valence-corrected chi connectivity index (χ4v) is 4.53. The molecule has 0 bridgehead atoms. The molecule has 26 heavy (non-hydrogen) atoms. The molecule has 2 heteroatoms. The van der Waals surface area contributed by atoms with E-state index in [0.717, 1.165) is 17.7 Å². The van der Waals surface area contributed by atoms with Gasteiger partial charge in [0.1, 0.15) is 0 Å². The average Bonchev–Trinajstić information content (AvgIpc) is 3.23. The average molecular weight is 337 g/mol. The number of hydrogen-bond donors (Lipinski definition) is 1. The highest BCUT2D eigenvalue weighted by molar-refractivity contribution is 6.09. The van der Waals surface area contributed by atoms with Gasteiger partial charge in [0, 0.05) is 11.6 Å². The molecule has 1 amide bonds. The van der Waals surface area contributed by atoms with Crippen LogP contribution in [0.2, 0.25) is 0 Å². The van der Waals surface area contributed by atoms with E-state index in [9.17, 15) is 4.79 Å². The summed E-state index contributed by atoms with van der Waals surface area (Å²) in [5, 5.41) is 3.13. The third-order valence-electron chi connectivity index (χ3n) is 5.73. The molecule has 2 nitrogen and oxygen atoms in total. The van der Waals surface area contributed by atoms with Crippen molar-refractivity contribution in [3.05, 3.63) is 108 Å². The van der Waals surface area contributed by atoms with Gasteiger partial charge in [0.15, 0.2) is 0 Å². The standard InChI is InChI=1S/C24H19NO/c26-23-24(20-13-7-8-14-22(20)25-23)16-19(17-9-3-1-4-10-17)15-21(24)18-11-5-2-6-12-18/h1-15,21H,16H2,(H,25,26)/t21-,24+/m1/s1. The predicted octanol–water partition coefficient (Wildman–Crippen LogP) is 5.15. The van der Waals surface area contributed by atoms with E-state index in [1.165, 1.54) is 16.7 Å². The molecule has 3 aromatic rings. The number of fused-ring (bicyclic) bond motifs is 2. The lowest BCUT2D eigenvalue weighted by atomic mass is 9.69. The van der Waals surface area contributed by atoms with Gasteiger partial charge in [-0.2, -0.15) is 0 Å². The largest absolute Gasteiger partial charge is 0.325 e. The van der Waals surface area contributed by atoms with Crippen molar-refractivity contribution in [1.29, 1.82) is 0 Å². The van der Waals surface area contributed by atoms with Gasteiger partial charge in [0.2, 0.25) is 5.91 Å². The zero-order valence-corrected chi connectivity index (χ0v) is 14.4. The van der Waals surface area contributed by atoms with E-state index in [1.54, 1.807) is 0 Å². The molecule has 0 saturated carbocycles. The van der Waals surface area contributed by atoms with E-state index in [2.05, 4.69) is 66.0 Å². The minimum atomic E-state index is -0.566. The van der Waals surface area contributed by atoms with Crippen molar-refractivity contribution in [2.24, 2.45) is 0 Å². The zero-order chi connectivity index (χ0) is 17.6. The Bertz CT molecular complexity index is 1010. The quantitative estimate of drug-likeness (QED) is 0.688. The molecular weight excluding hydrogens is 318 g/mol. The summed E-state index contributed by atoms with van der Waals surface area (Å²) in [6.45, 7) is 0. The van der Waals surface area contributed by atoms with Crippen molar-refractivity contribution in [3.63, 3.8) is 0 Å². The Balaban J connectivity index is 1.72. The van der Waals surface area contributed by atoms with Crippen molar-refractivity contribution in [1.82, 2.24) is 0 Å². The number of carbonyl (C=O) groups is 1. The fourth-order valence-electron chi connectivity index (χ4n) is 4.53. The Labute approximate surface area is 153 Å². The summed E-state index contributed by atoms with van der Waals surface area (Å²) in [7, 11) is 0. The van der Waals surface area contributed by atoms with E-state index >= 15 is 0 Å². The van der Waals surface area contributed by atoms with E-state index < -0.39 is 5.41 Å². The van der Waals surface area contributed by atoms with Gasteiger partial charge in [0.25, 0.3) is 0 Å². The second kappa shape index (κ2) is 5.70. The fraction of sp³-hybridized carbons (Fsp3) is 0.125. The Kier molecular flexibility index (Phi) is 3.32. The molecule has 1 aliphatic heterocycles. The number of carbonyl (C=O) groups excluding carboxylic acids is 1. The van der Waals surface area contributed by atoms with Crippen molar-refractivity contribution in [3.8, 4) is 0 Å². The van der Waals surface area contributed by atoms with Crippen LogP contribution in [0.25, 0.3) is 5.57 Å². The smallest absolute Gasteiger partial charge is 0.236 e. The minimum absolute atomic E-state index is 0.0301. The predicted molar refractivity (Wildman–Crippen MR) is 105 cm³/mol. The van der Waals surface area contributed by atoms with Gasteiger partial charge in [-0.15, -0.1) is 0 Å². The van der Waals surface area contributed by atoms with Crippen LogP contribution in [-0.4, -0.2) is 5.91 Å². The lowest BCUT2D eigenvalue weighted by molar-refractivity contribution is -0.120. The number of hydrogen-bond acceptors (Lipinski definition) is 1. The Morgan fingerprint density at radius 2 is 1.46 bits per heavy atom. The summed E-state index contributed by atoms with van der Waals surface area (Å²) in [5.41, 5.74) is 5.12. The summed E-state index contributed by atoms with van der Waals surface area (Å²) < 4.78 is 0. The van der Waals surface area contributed by atoms with Gasteiger partial charge in [0.05, 0.1) is 5.41 Å². The summed E-state index contributed by atoms with van der Waals surface area (Å²) >= 11 is 0. The molecule has 1 N–H and O–H groups in total. The van der Waals surface area contributed by atoms with Crippen molar-refractivity contribution in [2.45, 2.75) is 17.8 Å². The number of nitrogens with one attached hydrogen (secondary N) is 1. The highest BCUT2D eigenvalue weighted by Gasteiger charge is 2.55. The lowest BCUT2D eigenvalue weighted by Gasteiger charge is -2.30. The van der Waals surface area contributed by atoms with Crippen molar-refractivity contribution < 1.29 is 4.79 Å². The first-order chi connectivity index (χ1) is 12.8. The maximum absolute atomic E-state index is 13.3. The Morgan fingerprint density at radius 1 is 0.808 bits per heavy atom. The number of rotatable bonds is 2. The number of benzene rings is 3. The maximum atomic E-state index is 13.3. The summed E-state index contributed by atoms with van der Waals surface area (Å²) in [6, 6.07) is 28.9. The van der Waals surface area contributed by atoms with Crippen LogP contribution in [0.15, 0.2) is 91.0 Å².